The Balaban J connectivity index is 1.70. The van der Waals surface area contributed by atoms with E-state index in [0.717, 1.165) is 23.5 Å². The molecule has 29 heavy (non-hydrogen) atoms. The second-order valence-corrected chi connectivity index (χ2v) is 9.62. The van der Waals surface area contributed by atoms with Crippen molar-refractivity contribution in [2.75, 3.05) is 10.0 Å². The summed E-state index contributed by atoms with van der Waals surface area (Å²) in [4.78, 5) is 12.7. The van der Waals surface area contributed by atoms with E-state index in [9.17, 15) is 22.0 Å². The standard InChI is InChI=1S/C19H15ClF2N2O3S2/c1-11-8-12(21)2-5-16(11)24-29(26,27)19-7-4-14(28-19)10-18(25)23-17-6-3-13(22)9-15(17)20/h2-9,24H,10H2,1H3,(H,23,25). The summed E-state index contributed by atoms with van der Waals surface area (Å²) in [6.45, 7) is 1.59. The molecule has 3 rings (SSSR count). The first-order chi connectivity index (χ1) is 13.6. The quantitative estimate of drug-likeness (QED) is 0.550. The Morgan fingerprint density at radius 2 is 1.69 bits per heavy atom. The van der Waals surface area contributed by atoms with Crippen LogP contribution in [0.25, 0.3) is 0 Å². The normalized spacial score (nSPS) is 11.3. The van der Waals surface area contributed by atoms with Crippen LogP contribution >= 0.6 is 22.9 Å². The van der Waals surface area contributed by atoms with Crippen molar-refractivity contribution in [1.82, 2.24) is 0 Å². The van der Waals surface area contributed by atoms with Gasteiger partial charge in [0.15, 0.2) is 0 Å². The summed E-state index contributed by atoms with van der Waals surface area (Å²) in [7, 11) is -3.88. The third-order valence-corrected chi connectivity index (χ3v) is 7.13. The minimum Gasteiger partial charge on any atom is -0.324 e. The van der Waals surface area contributed by atoms with Crippen LogP contribution in [0.15, 0.2) is 52.7 Å². The molecule has 0 saturated heterocycles. The van der Waals surface area contributed by atoms with E-state index < -0.39 is 27.6 Å². The second kappa shape index (κ2) is 8.48. The van der Waals surface area contributed by atoms with E-state index in [1.807, 2.05) is 0 Å². The predicted octanol–water partition coefficient (Wildman–Crippen LogP) is 4.97. The number of rotatable bonds is 6. The van der Waals surface area contributed by atoms with Gasteiger partial charge in [-0.2, -0.15) is 0 Å². The monoisotopic (exact) mass is 456 g/mol. The van der Waals surface area contributed by atoms with Crippen LogP contribution in [0.3, 0.4) is 0 Å². The van der Waals surface area contributed by atoms with Crippen LogP contribution in [0.4, 0.5) is 20.2 Å². The van der Waals surface area contributed by atoms with Crippen molar-refractivity contribution in [1.29, 1.82) is 0 Å². The number of benzene rings is 2. The summed E-state index contributed by atoms with van der Waals surface area (Å²) < 4.78 is 53.8. The average molecular weight is 457 g/mol. The molecule has 0 saturated carbocycles. The molecule has 0 atom stereocenters. The summed E-state index contributed by atoms with van der Waals surface area (Å²) >= 11 is 6.81. The van der Waals surface area contributed by atoms with Gasteiger partial charge in [-0.25, -0.2) is 17.2 Å². The first-order valence-electron chi connectivity index (χ1n) is 8.26. The van der Waals surface area contributed by atoms with E-state index in [2.05, 4.69) is 10.0 Å². The highest BCUT2D eigenvalue weighted by Gasteiger charge is 2.19. The van der Waals surface area contributed by atoms with E-state index in [-0.39, 0.29) is 27.0 Å². The molecule has 0 radical (unpaired) electrons. The van der Waals surface area contributed by atoms with Crippen LogP contribution in [-0.2, 0) is 21.2 Å². The molecule has 0 bridgehead atoms. The Morgan fingerprint density at radius 3 is 2.34 bits per heavy atom. The van der Waals surface area contributed by atoms with Crippen LogP contribution in [0, 0.1) is 18.6 Å². The van der Waals surface area contributed by atoms with E-state index >= 15 is 0 Å². The molecule has 0 aliphatic carbocycles. The lowest BCUT2D eigenvalue weighted by molar-refractivity contribution is -0.115. The lowest BCUT2D eigenvalue weighted by atomic mass is 10.2. The third kappa shape index (κ3) is 5.31. The number of thiophene rings is 1. The van der Waals surface area contributed by atoms with Crippen molar-refractivity contribution in [2.24, 2.45) is 0 Å². The summed E-state index contributed by atoms with van der Waals surface area (Å²) in [6, 6.07) is 10.2. The molecule has 0 aliphatic rings. The summed E-state index contributed by atoms with van der Waals surface area (Å²) in [6.07, 6.45) is -0.0799. The van der Waals surface area contributed by atoms with Crippen molar-refractivity contribution < 1.29 is 22.0 Å². The maximum Gasteiger partial charge on any atom is 0.271 e. The number of carbonyl (C=O) groups is 1. The molecule has 1 heterocycles. The fourth-order valence-corrected chi connectivity index (χ4v) is 5.18. The maximum absolute atomic E-state index is 13.2. The minimum atomic E-state index is -3.88. The van der Waals surface area contributed by atoms with Crippen LogP contribution < -0.4 is 10.0 Å². The van der Waals surface area contributed by atoms with Crippen molar-refractivity contribution in [3.63, 3.8) is 0 Å². The number of aryl methyl sites for hydroxylation is 1. The van der Waals surface area contributed by atoms with Gasteiger partial charge in [0.1, 0.15) is 15.8 Å². The molecule has 5 nitrogen and oxygen atoms in total. The first-order valence-corrected chi connectivity index (χ1v) is 10.9. The summed E-state index contributed by atoms with van der Waals surface area (Å²) in [5, 5.41) is 2.62. The number of anilines is 2. The van der Waals surface area contributed by atoms with E-state index in [1.165, 1.54) is 36.4 Å². The molecule has 3 aromatic rings. The van der Waals surface area contributed by atoms with Gasteiger partial charge >= 0.3 is 0 Å². The first kappa shape index (κ1) is 21.2. The lowest BCUT2D eigenvalue weighted by Gasteiger charge is -2.09. The Kier molecular flexibility index (Phi) is 6.21. The fourth-order valence-electron chi connectivity index (χ4n) is 2.48. The molecule has 0 fully saturated rings. The Hall–Kier alpha value is -2.49. The van der Waals surface area contributed by atoms with Crippen LogP contribution in [-0.4, -0.2) is 14.3 Å². The Morgan fingerprint density at radius 1 is 1.03 bits per heavy atom. The maximum atomic E-state index is 13.2. The zero-order chi connectivity index (χ0) is 21.2. The van der Waals surface area contributed by atoms with Gasteiger partial charge in [0.05, 0.1) is 22.8 Å². The molecule has 10 heteroatoms. The van der Waals surface area contributed by atoms with Crippen LogP contribution in [0.5, 0.6) is 0 Å². The number of sulfonamides is 1. The van der Waals surface area contributed by atoms with Gasteiger partial charge in [-0.15, -0.1) is 11.3 Å². The van der Waals surface area contributed by atoms with Gasteiger partial charge in [-0.3, -0.25) is 9.52 Å². The zero-order valence-electron chi connectivity index (χ0n) is 15.0. The van der Waals surface area contributed by atoms with E-state index in [4.69, 9.17) is 11.6 Å². The van der Waals surface area contributed by atoms with Crippen LogP contribution in [0.1, 0.15) is 10.4 Å². The van der Waals surface area contributed by atoms with Gasteiger partial charge in [0.2, 0.25) is 5.91 Å². The molecule has 0 aliphatic heterocycles. The molecule has 0 unspecified atom stereocenters. The van der Waals surface area contributed by atoms with Gasteiger partial charge < -0.3 is 5.32 Å². The number of hydrogen-bond acceptors (Lipinski definition) is 4. The topological polar surface area (TPSA) is 75.3 Å². The van der Waals surface area contributed by atoms with Crippen molar-refractivity contribution in [2.45, 2.75) is 17.6 Å². The molecular weight excluding hydrogens is 442 g/mol. The highest BCUT2D eigenvalue weighted by Crippen LogP contribution is 2.27. The third-order valence-electron chi connectivity index (χ3n) is 3.87. The summed E-state index contributed by atoms with van der Waals surface area (Å²) in [5.41, 5.74) is 0.974. The molecule has 2 aromatic carbocycles. The van der Waals surface area contributed by atoms with Crippen molar-refractivity contribution in [3.05, 3.63) is 75.6 Å². The fraction of sp³-hybridized carbons (Fsp3) is 0.105. The summed E-state index contributed by atoms with van der Waals surface area (Å²) in [5.74, 6) is -1.41. The largest absolute Gasteiger partial charge is 0.324 e. The molecule has 1 amide bonds. The predicted molar refractivity (Wildman–Crippen MR) is 110 cm³/mol. The number of carbonyl (C=O) groups excluding carboxylic acids is 1. The SMILES string of the molecule is Cc1cc(F)ccc1NS(=O)(=O)c1ccc(CC(=O)Nc2ccc(F)cc2Cl)s1. The average Bonchev–Trinajstić information content (AvgIpc) is 3.09. The van der Waals surface area contributed by atoms with E-state index in [0.29, 0.717) is 10.4 Å². The van der Waals surface area contributed by atoms with Gasteiger partial charge in [-0.1, -0.05) is 11.6 Å². The van der Waals surface area contributed by atoms with Gasteiger partial charge in [0.25, 0.3) is 10.0 Å². The van der Waals surface area contributed by atoms with Gasteiger partial charge in [0, 0.05) is 4.88 Å². The second-order valence-electron chi connectivity index (χ2n) is 6.13. The number of amides is 1. The molecule has 2 N–H and O–H groups in total. The number of nitrogens with one attached hydrogen (secondary N) is 2. The van der Waals surface area contributed by atoms with Crippen molar-refractivity contribution >= 4 is 50.2 Å². The highest BCUT2D eigenvalue weighted by molar-refractivity contribution is 7.94. The van der Waals surface area contributed by atoms with Crippen molar-refractivity contribution in [3.8, 4) is 0 Å². The molecule has 1 aromatic heterocycles. The molecule has 0 spiro atoms. The molecule has 152 valence electrons. The lowest BCUT2D eigenvalue weighted by Crippen LogP contribution is -2.14. The molecular formula is C19H15ClF2N2O3S2. The minimum absolute atomic E-state index is 0.0174. The van der Waals surface area contributed by atoms with Gasteiger partial charge in [-0.05, 0) is 61.0 Å². The smallest absolute Gasteiger partial charge is 0.271 e. The number of hydrogen-bond donors (Lipinski definition) is 2. The van der Waals surface area contributed by atoms with E-state index in [1.54, 1.807) is 6.92 Å². The van der Waals surface area contributed by atoms with Crippen LogP contribution in [0.2, 0.25) is 5.02 Å². The Bertz CT molecular complexity index is 1180. The highest BCUT2D eigenvalue weighted by atomic mass is 35.5. The number of halogens is 3. The zero-order valence-corrected chi connectivity index (χ0v) is 17.4. The Labute approximate surface area is 175 Å².